The highest BCUT2D eigenvalue weighted by molar-refractivity contribution is 7.27. The fraction of sp³-hybridized carbons (Fsp3) is 0.385. The molecule has 0 aliphatic carbocycles. The lowest BCUT2D eigenvalue weighted by Gasteiger charge is -2.20. The van der Waals surface area contributed by atoms with Crippen molar-refractivity contribution in [2.75, 3.05) is 13.7 Å². The minimum atomic E-state index is 0.0632. The zero-order valence-electron chi connectivity index (χ0n) is 10.2. The van der Waals surface area contributed by atoms with E-state index in [1.54, 1.807) is 13.2 Å². The van der Waals surface area contributed by atoms with Gasteiger partial charge in [0.25, 0.3) is 5.91 Å². The van der Waals surface area contributed by atoms with Gasteiger partial charge in [-0.15, -0.1) is 9.24 Å². The summed E-state index contributed by atoms with van der Waals surface area (Å²) in [4.78, 5) is 18.8. The first-order valence-corrected chi connectivity index (χ1v) is 6.61. The smallest absolute Gasteiger partial charge is 0.256 e. The molecular formula is C13H15N2O2P. The molecule has 0 bridgehead atoms. The third kappa shape index (κ3) is 1.72. The quantitative estimate of drug-likeness (QED) is 0.720. The molecule has 1 aromatic carbocycles. The molecule has 1 saturated heterocycles. The Labute approximate surface area is 108 Å². The normalized spacial score (nSPS) is 21.6. The van der Waals surface area contributed by atoms with Crippen LogP contribution in [0.25, 0.3) is 0 Å². The highest BCUT2D eigenvalue weighted by Crippen LogP contribution is 2.31. The summed E-state index contributed by atoms with van der Waals surface area (Å²) in [6.07, 6.45) is 3.96. The van der Waals surface area contributed by atoms with Crippen LogP contribution in [0.4, 0.5) is 5.69 Å². The average Bonchev–Trinajstić information content (AvgIpc) is 2.79. The van der Waals surface area contributed by atoms with Gasteiger partial charge in [0.1, 0.15) is 5.75 Å². The number of ether oxygens (including phenoxy) is 1. The fourth-order valence-electron chi connectivity index (χ4n) is 2.56. The molecule has 2 aliphatic heterocycles. The SMILES string of the molecule is COc1cc2c(cc1P)N=C[C@@H]1CCCN1C2=O. The highest BCUT2D eigenvalue weighted by atomic mass is 31.0. The predicted octanol–water partition coefficient (Wildman–Crippen LogP) is 1.52. The number of benzene rings is 1. The van der Waals surface area contributed by atoms with Crippen LogP contribution in [-0.4, -0.2) is 36.7 Å². The van der Waals surface area contributed by atoms with Crippen LogP contribution in [-0.2, 0) is 0 Å². The second-order valence-electron chi connectivity index (χ2n) is 4.60. The number of hydrogen-bond donors (Lipinski definition) is 0. The Morgan fingerprint density at radius 2 is 2.33 bits per heavy atom. The monoisotopic (exact) mass is 262 g/mol. The summed E-state index contributed by atoms with van der Waals surface area (Å²) in [5.74, 6) is 0.772. The van der Waals surface area contributed by atoms with Crippen molar-refractivity contribution in [1.82, 2.24) is 4.90 Å². The number of nitrogens with zero attached hydrogens (tertiary/aromatic N) is 2. The van der Waals surface area contributed by atoms with Gasteiger partial charge in [-0.1, -0.05) is 0 Å². The Morgan fingerprint density at radius 1 is 1.50 bits per heavy atom. The largest absolute Gasteiger partial charge is 0.496 e. The Bertz CT molecular complexity index is 542. The third-order valence-electron chi connectivity index (χ3n) is 3.52. The van der Waals surface area contributed by atoms with Crippen molar-refractivity contribution < 1.29 is 9.53 Å². The zero-order chi connectivity index (χ0) is 12.7. The first-order valence-electron chi connectivity index (χ1n) is 6.03. The number of rotatable bonds is 1. The second kappa shape index (κ2) is 4.36. The molecule has 0 N–H and O–H groups in total. The Hall–Kier alpha value is -1.41. The molecule has 1 amide bonds. The molecule has 1 unspecified atom stereocenters. The summed E-state index contributed by atoms with van der Waals surface area (Å²) < 4.78 is 5.27. The number of hydrogen-bond acceptors (Lipinski definition) is 3. The van der Waals surface area contributed by atoms with Crippen molar-refractivity contribution in [2.45, 2.75) is 18.9 Å². The number of carbonyl (C=O) groups is 1. The molecule has 0 spiro atoms. The average molecular weight is 262 g/mol. The maximum Gasteiger partial charge on any atom is 0.256 e. The van der Waals surface area contributed by atoms with E-state index in [4.69, 9.17) is 4.74 Å². The van der Waals surface area contributed by atoms with Crippen molar-refractivity contribution in [3.63, 3.8) is 0 Å². The Morgan fingerprint density at radius 3 is 3.11 bits per heavy atom. The van der Waals surface area contributed by atoms with Crippen LogP contribution in [0.3, 0.4) is 0 Å². The molecule has 2 aliphatic rings. The number of carbonyl (C=O) groups excluding carboxylic acids is 1. The number of methoxy groups -OCH3 is 1. The van der Waals surface area contributed by atoms with Crippen LogP contribution in [0.5, 0.6) is 5.75 Å². The molecule has 2 atom stereocenters. The van der Waals surface area contributed by atoms with Crippen LogP contribution in [0.2, 0.25) is 0 Å². The molecule has 5 heteroatoms. The molecular weight excluding hydrogens is 247 g/mol. The van der Waals surface area contributed by atoms with E-state index in [-0.39, 0.29) is 11.9 Å². The van der Waals surface area contributed by atoms with E-state index in [2.05, 4.69) is 14.2 Å². The van der Waals surface area contributed by atoms with Gasteiger partial charge < -0.3 is 9.64 Å². The zero-order valence-corrected chi connectivity index (χ0v) is 11.4. The molecule has 2 heterocycles. The van der Waals surface area contributed by atoms with E-state index in [1.165, 1.54) is 0 Å². The van der Waals surface area contributed by atoms with Gasteiger partial charge in [0.2, 0.25) is 0 Å². The van der Waals surface area contributed by atoms with Crippen molar-refractivity contribution in [3.8, 4) is 5.75 Å². The maximum atomic E-state index is 12.5. The van der Waals surface area contributed by atoms with Gasteiger partial charge in [0.15, 0.2) is 0 Å². The van der Waals surface area contributed by atoms with E-state index in [1.807, 2.05) is 17.2 Å². The lowest BCUT2D eigenvalue weighted by molar-refractivity contribution is 0.0774. The summed E-state index contributed by atoms with van der Waals surface area (Å²) in [7, 11) is 4.22. The van der Waals surface area contributed by atoms with Crippen molar-refractivity contribution in [3.05, 3.63) is 17.7 Å². The summed E-state index contributed by atoms with van der Waals surface area (Å²) in [5, 5.41) is 0.920. The van der Waals surface area contributed by atoms with Crippen LogP contribution in [0, 0.1) is 0 Å². The van der Waals surface area contributed by atoms with Crippen LogP contribution in [0.1, 0.15) is 23.2 Å². The van der Waals surface area contributed by atoms with Crippen molar-refractivity contribution >= 4 is 32.4 Å². The lowest BCUT2D eigenvalue weighted by Crippen LogP contribution is -2.35. The van der Waals surface area contributed by atoms with E-state index in [9.17, 15) is 4.79 Å². The summed E-state index contributed by atoms with van der Waals surface area (Å²) >= 11 is 0. The van der Waals surface area contributed by atoms with Gasteiger partial charge in [-0.3, -0.25) is 9.79 Å². The highest BCUT2D eigenvalue weighted by Gasteiger charge is 2.32. The van der Waals surface area contributed by atoms with Gasteiger partial charge in [-0.05, 0) is 25.0 Å². The van der Waals surface area contributed by atoms with Gasteiger partial charge in [-0.25, -0.2) is 0 Å². The van der Waals surface area contributed by atoms with Crippen molar-refractivity contribution in [2.24, 2.45) is 4.99 Å². The van der Waals surface area contributed by atoms with E-state index < -0.39 is 0 Å². The molecule has 0 aromatic heterocycles. The number of amides is 1. The Kier molecular flexibility index (Phi) is 2.83. The van der Waals surface area contributed by atoms with E-state index in [0.29, 0.717) is 11.3 Å². The first-order chi connectivity index (χ1) is 8.70. The molecule has 94 valence electrons. The topological polar surface area (TPSA) is 41.9 Å². The molecule has 4 nitrogen and oxygen atoms in total. The lowest BCUT2D eigenvalue weighted by atomic mass is 10.1. The second-order valence-corrected chi connectivity index (χ2v) is 5.22. The first kappa shape index (κ1) is 11.7. The van der Waals surface area contributed by atoms with E-state index in [0.717, 1.165) is 30.4 Å². The van der Waals surface area contributed by atoms with Gasteiger partial charge in [0.05, 0.1) is 24.4 Å². The number of aliphatic imine (C=N–C) groups is 1. The van der Waals surface area contributed by atoms with Crippen LogP contribution in [0.15, 0.2) is 17.1 Å². The molecule has 1 aromatic rings. The van der Waals surface area contributed by atoms with Crippen LogP contribution < -0.4 is 10.0 Å². The summed E-state index contributed by atoms with van der Waals surface area (Å²) in [6, 6.07) is 3.83. The van der Waals surface area contributed by atoms with Gasteiger partial charge in [-0.2, -0.15) is 0 Å². The minimum absolute atomic E-state index is 0.0632. The van der Waals surface area contributed by atoms with Crippen molar-refractivity contribution in [1.29, 1.82) is 0 Å². The fourth-order valence-corrected chi connectivity index (χ4v) is 2.92. The molecule has 1 fully saturated rings. The standard InChI is InChI=1S/C13H15N2O2P/c1-17-11-5-9-10(6-12(11)18)14-7-8-3-2-4-15(8)13(9)16/h5-8H,2-4,18H2,1H3/t8-/m0/s1. The number of fused-ring (bicyclic) bond motifs is 2. The van der Waals surface area contributed by atoms with Gasteiger partial charge in [0, 0.05) is 18.1 Å². The maximum absolute atomic E-state index is 12.5. The summed E-state index contributed by atoms with van der Waals surface area (Å²) in [5.41, 5.74) is 1.37. The summed E-state index contributed by atoms with van der Waals surface area (Å²) in [6.45, 7) is 0.819. The van der Waals surface area contributed by atoms with E-state index >= 15 is 0 Å². The molecule has 3 rings (SSSR count). The Balaban J connectivity index is 2.12. The predicted molar refractivity (Wildman–Crippen MR) is 74.5 cm³/mol. The minimum Gasteiger partial charge on any atom is -0.496 e. The van der Waals surface area contributed by atoms with Gasteiger partial charge >= 0.3 is 0 Å². The molecule has 0 radical (unpaired) electrons. The van der Waals surface area contributed by atoms with Crippen LogP contribution >= 0.6 is 9.24 Å². The molecule has 18 heavy (non-hydrogen) atoms. The third-order valence-corrected chi connectivity index (χ3v) is 3.98. The molecule has 0 saturated carbocycles.